The smallest absolute Gasteiger partial charge is 0.191 e. The molecule has 1 unspecified atom stereocenters. The number of halogens is 1. The van der Waals surface area contributed by atoms with Gasteiger partial charge in [0.05, 0.1) is 5.69 Å². The van der Waals surface area contributed by atoms with Gasteiger partial charge in [-0.25, -0.2) is 0 Å². The van der Waals surface area contributed by atoms with Crippen LogP contribution in [-0.2, 0) is 0 Å². The fraction of sp³-hybridized carbons (Fsp3) is 0.800. The maximum absolute atomic E-state index is 5.29. The summed E-state index contributed by atoms with van der Waals surface area (Å²) in [5.74, 6) is 2.89. The van der Waals surface area contributed by atoms with Crippen molar-refractivity contribution in [2.75, 3.05) is 20.1 Å². The Kier molecular flexibility index (Phi) is 9.41. The first-order valence-electron chi connectivity index (χ1n) is 9.74. The lowest BCUT2D eigenvalue weighted by molar-refractivity contribution is 0.234. The largest absolute Gasteiger partial charge is 0.361 e. The molecule has 2 N–H and O–H groups in total. The molecular weight excluding hydrogens is 439 g/mol. The zero-order valence-electron chi connectivity index (χ0n) is 17.3. The molecule has 0 amide bonds. The number of guanidine groups is 1. The van der Waals surface area contributed by atoms with Crippen molar-refractivity contribution in [3.63, 3.8) is 0 Å². The van der Waals surface area contributed by atoms with Gasteiger partial charge in [0.2, 0.25) is 0 Å². The zero-order valence-corrected chi connectivity index (χ0v) is 19.6. The van der Waals surface area contributed by atoms with Gasteiger partial charge in [-0.3, -0.25) is 4.99 Å². The van der Waals surface area contributed by atoms with Crippen LogP contribution in [0.25, 0.3) is 0 Å². The van der Waals surface area contributed by atoms with Gasteiger partial charge in [0.15, 0.2) is 5.96 Å². The molecule has 0 aromatic carbocycles. The summed E-state index contributed by atoms with van der Waals surface area (Å²) in [7, 11) is 1.85. The van der Waals surface area contributed by atoms with Crippen LogP contribution in [0.15, 0.2) is 9.52 Å². The van der Waals surface area contributed by atoms with Crippen LogP contribution < -0.4 is 10.6 Å². The van der Waals surface area contributed by atoms with E-state index in [1.807, 2.05) is 20.9 Å². The minimum atomic E-state index is 0. The van der Waals surface area contributed by atoms with E-state index in [2.05, 4.69) is 41.6 Å². The third-order valence-electron chi connectivity index (χ3n) is 5.52. The van der Waals surface area contributed by atoms with E-state index in [9.17, 15) is 0 Å². The molecule has 1 aliphatic rings. The van der Waals surface area contributed by atoms with Gasteiger partial charge < -0.3 is 15.2 Å². The van der Waals surface area contributed by atoms with Crippen molar-refractivity contribution in [2.24, 2.45) is 16.3 Å². The number of rotatable bonds is 7. The SMILES string of the molecule is CN=C(NCC(C)c1c(C)noc1C)NCC1(CC(C)C)CCCC1.I. The van der Waals surface area contributed by atoms with Gasteiger partial charge in [-0.15, -0.1) is 24.0 Å². The number of hydrogen-bond donors (Lipinski definition) is 2. The van der Waals surface area contributed by atoms with Crippen LogP contribution >= 0.6 is 24.0 Å². The van der Waals surface area contributed by atoms with E-state index in [1.54, 1.807) is 0 Å². The number of nitrogens with zero attached hydrogens (tertiary/aromatic N) is 2. The highest BCUT2D eigenvalue weighted by molar-refractivity contribution is 14.0. The van der Waals surface area contributed by atoms with Gasteiger partial charge in [-0.2, -0.15) is 0 Å². The van der Waals surface area contributed by atoms with Crippen molar-refractivity contribution in [3.8, 4) is 0 Å². The van der Waals surface area contributed by atoms with E-state index in [-0.39, 0.29) is 24.0 Å². The normalized spacial score (nSPS) is 17.9. The minimum Gasteiger partial charge on any atom is -0.361 e. The van der Waals surface area contributed by atoms with Crippen LogP contribution in [-0.4, -0.2) is 31.3 Å². The van der Waals surface area contributed by atoms with Gasteiger partial charge in [-0.1, -0.05) is 38.8 Å². The van der Waals surface area contributed by atoms with Crippen LogP contribution in [0.4, 0.5) is 0 Å². The number of aromatic nitrogens is 1. The molecule has 5 nitrogen and oxygen atoms in total. The maximum atomic E-state index is 5.29. The first-order valence-corrected chi connectivity index (χ1v) is 9.74. The Bertz CT molecular complexity index is 557. The van der Waals surface area contributed by atoms with Crippen molar-refractivity contribution in [1.29, 1.82) is 0 Å². The van der Waals surface area contributed by atoms with E-state index in [0.29, 0.717) is 11.3 Å². The highest BCUT2D eigenvalue weighted by atomic mass is 127. The third kappa shape index (κ3) is 6.13. The Hall–Kier alpha value is -0.790. The maximum Gasteiger partial charge on any atom is 0.191 e. The Balaban J connectivity index is 0.00000338. The van der Waals surface area contributed by atoms with Gasteiger partial charge >= 0.3 is 0 Å². The van der Waals surface area contributed by atoms with E-state index in [0.717, 1.165) is 36.4 Å². The molecule has 2 rings (SSSR count). The molecule has 150 valence electrons. The molecule has 1 heterocycles. The molecule has 0 aliphatic heterocycles. The monoisotopic (exact) mass is 476 g/mol. The Morgan fingerprint density at radius 2 is 1.85 bits per heavy atom. The first-order chi connectivity index (χ1) is 11.9. The summed E-state index contributed by atoms with van der Waals surface area (Å²) in [4.78, 5) is 4.41. The second kappa shape index (κ2) is 10.5. The summed E-state index contributed by atoms with van der Waals surface area (Å²) in [5.41, 5.74) is 2.63. The van der Waals surface area contributed by atoms with E-state index < -0.39 is 0 Å². The predicted octanol–water partition coefficient (Wildman–Crippen LogP) is 4.78. The first kappa shape index (κ1) is 23.2. The second-order valence-corrected chi connectivity index (χ2v) is 8.25. The molecule has 1 saturated carbocycles. The van der Waals surface area contributed by atoms with Crippen molar-refractivity contribution >= 4 is 29.9 Å². The van der Waals surface area contributed by atoms with E-state index >= 15 is 0 Å². The highest BCUT2D eigenvalue weighted by Crippen LogP contribution is 2.42. The molecular formula is C20H37IN4O. The summed E-state index contributed by atoms with van der Waals surface area (Å²) in [6.45, 7) is 12.7. The molecule has 1 aliphatic carbocycles. The van der Waals surface area contributed by atoms with Crippen molar-refractivity contribution in [2.45, 2.75) is 72.6 Å². The summed E-state index contributed by atoms with van der Waals surface area (Å²) < 4.78 is 5.29. The minimum absolute atomic E-state index is 0. The molecule has 0 saturated heterocycles. The quantitative estimate of drug-likeness (QED) is 0.338. The van der Waals surface area contributed by atoms with Crippen LogP contribution in [0.5, 0.6) is 0 Å². The topological polar surface area (TPSA) is 62.5 Å². The summed E-state index contributed by atoms with van der Waals surface area (Å²) in [6, 6.07) is 0. The molecule has 1 atom stereocenters. The fourth-order valence-corrected chi connectivity index (χ4v) is 4.48. The highest BCUT2D eigenvalue weighted by Gasteiger charge is 2.34. The Labute approximate surface area is 176 Å². The fourth-order valence-electron chi connectivity index (χ4n) is 4.48. The van der Waals surface area contributed by atoms with E-state index in [4.69, 9.17) is 4.52 Å². The van der Waals surface area contributed by atoms with Gasteiger partial charge in [-0.05, 0) is 44.4 Å². The summed E-state index contributed by atoms with van der Waals surface area (Å²) in [5, 5.41) is 11.1. The molecule has 0 radical (unpaired) electrons. The number of aliphatic imine (C=N–C) groups is 1. The lowest BCUT2D eigenvalue weighted by atomic mass is 9.78. The summed E-state index contributed by atoms with van der Waals surface area (Å²) in [6.07, 6.45) is 6.70. The molecule has 6 heteroatoms. The molecule has 0 spiro atoms. The van der Waals surface area contributed by atoms with Crippen LogP contribution in [0, 0.1) is 25.2 Å². The van der Waals surface area contributed by atoms with Crippen molar-refractivity contribution in [1.82, 2.24) is 15.8 Å². The van der Waals surface area contributed by atoms with E-state index in [1.165, 1.54) is 37.7 Å². The average Bonchev–Trinajstić information content (AvgIpc) is 3.14. The number of aryl methyl sites for hydroxylation is 2. The van der Waals surface area contributed by atoms with Crippen LogP contribution in [0.1, 0.15) is 75.8 Å². The second-order valence-electron chi connectivity index (χ2n) is 8.25. The number of hydrogen-bond acceptors (Lipinski definition) is 3. The van der Waals surface area contributed by atoms with Gasteiger partial charge in [0.1, 0.15) is 5.76 Å². The zero-order chi connectivity index (χ0) is 18.4. The molecule has 26 heavy (non-hydrogen) atoms. The molecule has 0 bridgehead atoms. The Morgan fingerprint density at radius 1 is 1.19 bits per heavy atom. The van der Waals surface area contributed by atoms with Crippen molar-refractivity contribution < 1.29 is 4.52 Å². The van der Waals surface area contributed by atoms with Crippen LogP contribution in [0.3, 0.4) is 0 Å². The average molecular weight is 476 g/mol. The standard InChI is InChI=1S/C20H36N4O.HI/c1-14(2)11-20(9-7-8-10-20)13-23-19(21-6)22-12-15(3)18-16(4)24-25-17(18)5;/h14-15H,7-13H2,1-6H3,(H2,21,22,23);1H. The Morgan fingerprint density at radius 3 is 2.35 bits per heavy atom. The van der Waals surface area contributed by atoms with Crippen molar-refractivity contribution in [3.05, 3.63) is 17.0 Å². The summed E-state index contributed by atoms with van der Waals surface area (Å²) >= 11 is 0. The molecule has 1 aromatic rings. The van der Waals surface area contributed by atoms with Gasteiger partial charge in [0.25, 0.3) is 0 Å². The molecule has 1 aromatic heterocycles. The molecule has 1 fully saturated rings. The lowest BCUT2D eigenvalue weighted by Gasteiger charge is -2.32. The van der Waals surface area contributed by atoms with Gasteiger partial charge in [0, 0.05) is 31.6 Å². The van der Waals surface area contributed by atoms with Crippen LogP contribution in [0.2, 0.25) is 0 Å². The lowest BCUT2D eigenvalue weighted by Crippen LogP contribution is -2.44. The third-order valence-corrected chi connectivity index (χ3v) is 5.52. The predicted molar refractivity (Wildman–Crippen MR) is 120 cm³/mol. The number of nitrogens with one attached hydrogen (secondary N) is 2.